The molecule has 0 fully saturated rings. The van der Waals surface area contributed by atoms with E-state index >= 15 is 0 Å². The second-order valence-corrected chi connectivity index (χ2v) is 4.47. The molecule has 0 aliphatic rings. The van der Waals surface area contributed by atoms with Crippen LogP contribution in [-0.2, 0) is 11.2 Å². The highest BCUT2D eigenvalue weighted by Gasteiger charge is 2.07. The van der Waals surface area contributed by atoms with Crippen LogP contribution in [0.15, 0.2) is 24.3 Å². The van der Waals surface area contributed by atoms with Gasteiger partial charge in [-0.05, 0) is 37.5 Å². The maximum atomic E-state index is 11.7. The van der Waals surface area contributed by atoms with E-state index in [4.69, 9.17) is 9.84 Å². The van der Waals surface area contributed by atoms with Crippen LogP contribution >= 0.6 is 0 Å². The zero-order valence-electron chi connectivity index (χ0n) is 11.8. The second-order valence-electron chi connectivity index (χ2n) is 4.47. The Morgan fingerprint density at radius 1 is 1.32 bits per heavy atom. The molecule has 0 heterocycles. The Morgan fingerprint density at radius 3 is 2.58 bits per heavy atom. The molecule has 0 aliphatic heterocycles. The first-order valence-corrected chi connectivity index (χ1v) is 6.74. The number of rotatable bonds is 8. The molecule has 0 atom stereocenters. The van der Waals surface area contributed by atoms with E-state index in [1.165, 1.54) is 5.56 Å². The number of aliphatic hydroxyl groups excluding tert-OH is 1. The Kier molecular flexibility index (Phi) is 6.97. The molecule has 0 saturated heterocycles. The van der Waals surface area contributed by atoms with Crippen LogP contribution in [0.1, 0.15) is 25.3 Å². The average Bonchev–Trinajstić information content (AvgIpc) is 2.44. The Balaban J connectivity index is 2.37. The number of aliphatic hydroxyl groups is 1. The maximum Gasteiger partial charge on any atom is 0.222 e. The van der Waals surface area contributed by atoms with Gasteiger partial charge in [-0.25, -0.2) is 0 Å². The number of nitrogens with zero attached hydrogens (tertiary/aromatic N) is 1. The minimum absolute atomic E-state index is 0.0679. The Hall–Kier alpha value is -1.55. The number of likely N-dealkylation sites (N-methyl/N-ethyl adjacent to an activating group) is 1. The number of hydrogen-bond donors (Lipinski definition) is 1. The van der Waals surface area contributed by atoms with Crippen molar-refractivity contribution in [3.63, 3.8) is 0 Å². The molecule has 0 aromatic heterocycles. The highest BCUT2D eigenvalue weighted by Crippen LogP contribution is 2.12. The van der Waals surface area contributed by atoms with Crippen molar-refractivity contribution < 1.29 is 14.6 Å². The lowest BCUT2D eigenvalue weighted by atomic mass is 10.1. The van der Waals surface area contributed by atoms with Gasteiger partial charge < -0.3 is 14.7 Å². The van der Waals surface area contributed by atoms with Crippen molar-refractivity contribution >= 4 is 5.91 Å². The summed E-state index contributed by atoms with van der Waals surface area (Å²) in [5.41, 5.74) is 1.19. The molecule has 0 spiro atoms. The van der Waals surface area contributed by atoms with Crippen molar-refractivity contribution in [1.29, 1.82) is 0 Å². The van der Waals surface area contributed by atoms with E-state index in [1.54, 1.807) is 11.9 Å². The monoisotopic (exact) mass is 265 g/mol. The topological polar surface area (TPSA) is 49.8 Å². The van der Waals surface area contributed by atoms with Gasteiger partial charge in [-0.3, -0.25) is 4.79 Å². The van der Waals surface area contributed by atoms with Gasteiger partial charge in [0, 0.05) is 26.6 Å². The summed E-state index contributed by atoms with van der Waals surface area (Å²) in [6, 6.07) is 7.95. The molecule has 19 heavy (non-hydrogen) atoms. The normalized spacial score (nSPS) is 10.3. The van der Waals surface area contributed by atoms with E-state index in [0.717, 1.165) is 12.2 Å². The SMILES string of the molecule is CCOc1ccc(CCN(C)C(=O)CCCO)cc1. The molecule has 0 aliphatic carbocycles. The quantitative estimate of drug-likeness (QED) is 0.780. The van der Waals surface area contributed by atoms with Crippen molar-refractivity contribution in [2.24, 2.45) is 0 Å². The lowest BCUT2D eigenvalue weighted by Crippen LogP contribution is -2.28. The highest BCUT2D eigenvalue weighted by molar-refractivity contribution is 5.75. The first kappa shape index (κ1) is 15.5. The van der Waals surface area contributed by atoms with E-state index in [1.807, 2.05) is 31.2 Å². The first-order chi connectivity index (χ1) is 9.17. The fourth-order valence-corrected chi connectivity index (χ4v) is 1.76. The summed E-state index contributed by atoms with van der Waals surface area (Å²) in [7, 11) is 1.80. The number of amides is 1. The third-order valence-corrected chi connectivity index (χ3v) is 2.94. The molecule has 0 radical (unpaired) electrons. The number of carbonyl (C=O) groups excluding carboxylic acids is 1. The predicted octanol–water partition coefficient (Wildman–Crippen LogP) is 1.86. The first-order valence-electron chi connectivity index (χ1n) is 6.74. The summed E-state index contributed by atoms with van der Waals surface area (Å²) in [5.74, 6) is 0.957. The molecule has 1 rings (SSSR count). The average molecular weight is 265 g/mol. The molecule has 0 bridgehead atoms. The van der Waals surface area contributed by atoms with Gasteiger partial charge in [0.15, 0.2) is 0 Å². The van der Waals surface area contributed by atoms with Crippen molar-refractivity contribution in [3.05, 3.63) is 29.8 Å². The molecular weight excluding hydrogens is 242 g/mol. The smallest absolute Gasteiger partial charge is 0.222 e. The number of carbonyl (C=O) groups is 1. The maximum absolute atomic E-state index is 11.7. The molecule has 0 unspecified atom stereocenters. The van der Waals surface area contributed by atoms with Gasteiger partial charge in [-0.2, -0.15) is 0 Å². The minimum Gasteiger partial charge on any atom is -0.494 e. The summed E-state index contributed by atoms with van der Waals surface area (Å²) >= 11 is 0. The summed E-state index contributed by atoms with van der Waals surface area (Å²) < 4.78 is 5.38. The largest absolute Gasteiger partial charge is 0.494 e. The van der Waals surface area contributed by atoms with Crippen LogP contribution in [0.2, 0.25) is 0 Å². The van der Waals surface area contributed by atoms with E-state index in [9.17, 15) is 4.79 Å². The van der Waals surface area contributed by atoms with Gasteiger partial charge in [-0.15, -0.1) is 0 Å². The Bertz CT molecular complexity index is 375. The van der Waals surface area contributed by atoms with E-state index in [-0.39, 0.29) is 12.5 Å². The highest BCUT2D eigenvalue weighted by atomic mass is 16.5. The van der Waals surface area contributed by atoms with Crippen LogP contribution in [0, 0.1) is 0 Å². The third kappa shape index (κ3) is 5.75. The van der Waals surface area contributed by atoms with Crippen LogP contribution < -0.4 is 4.74 Å². The van der Waals surface area contributed by atoms with Crippen LogP contribution in [0.3, 0.4) is 0 Å². The van der Waals surface area contributed by atoms with Crippen LogP contribution in [0.4, 0.5) is 0 Å². The number of ether oxygens (including phenoxy) is 1. The van der Waals surface area contributed by atoms with E-state index in [2.05, 4.69) is 0 Å². The molecule has 0 saturated carbocycles. The zero-order chi connectivity index (χ0) is 14.1. The summed E-state index contributed by atoms with van der Waals surface area (Å²) in [5, 5.41) is 8.69. The van der Waals surface area contributed by atoms with Gasteiger partial charge in [0.2, 0.25) is 5.91 Å². The molecule has 106 valence electrons. The van der Waals surface area contributed by atoms with Crippen LogP contribution in [0.5, 0.6) is 5.75 Å². The van der Waals surface area contributed by atoms with Gasteiger partial charge in [-0.1, -0.05) is 12.1 Å². The number of benzene rings is 1. The van der Waals surface area contributed by atoms with E-state index < -0.39 is 0 Å². The molecule has 1 aromatic carbocycles. The molecule has 4 nitrogen and oxygen atoms in total. The predicted molar refractivity (Wildman–Crippen MR) is 75.3 cm³/mol. The lowest BCUT2D eigenvalue weighted by molar-refractivity contribution is -0.130. The minimum atomic E-state index is 0.0679. The third-order valence-electron chi connectivity index (χ3n) is 2.94. The van der Waals surface area contributed by atoms with Crippen LogP contribution in [-0.4, -0.2) is 42.7 Å². The van der Waals surface area contributed by atoms with Crippen molar-refractivity contribution in [2.45, 2.75) is 26.2 Å². The summed E-state index contributed by atoms with van der Waals surface area (Å²) in [4.78, 5) is 13.4. The van der Waals surface area contributed by atoms with Gasteiger partial charge >= 0.3 is 0 Å². The molecule has 1 aromatic rings. The Morgan fingerprint density at radius 2 is 2.00 bits per heavy atom. The summed E-state index contributed by atoms with van der Waals surface area (Å²) in [6.45, 7) is 3.39. The number of hydrogen-bond acceptors (Lipinski definition) is 3. The fourth-order valence-electron chi connectivity index (χ4n) is 1.76. The van der Waals surface area contributed by atoms with Crippen molar-refractivity contribution in [1.82, 2.24) is 4.90 Å². The van der Waals surface area contributed by atoms with E-state index in [0.29, 0.717) is 26.0 Å². The molecule has 1 N–H and O–H groups in total. The molecular formula is C15H23NO3. The molecule has 1 amide bonds. The van der Waals surface area contributed by atoms with Gasteiger partial charge in [0.05, 0.1) is 6.61 Å². The summed E-state index contributed by atoms with van der Waals surface area (Å²) in [6.07, 6.45) is 1.77. The lowest BCUT2D eigenvalue weighted by Gasteiger charge is -2.17. The van der Waals surface area contributed by atoms with Crippen molar-refractivity contribution in [3.8, 4) is 5.75 Å². The van der Waals surface area contributed by atoms with Crippen molar-refractivity contribution in [2.75, 3.05) is 26.8 Å². The Labute approximate surface area is 115 Å². The fraction of sp³-hybridized carbons (Fsp3) is 0.533. The van der Waals surface area contributed by atoms with Crippen LogP contribution in [0.25, 0.3) is 0 Å². The zero-order valence-corrected chi connectivity index (χ0v) is 11.8. The second kappa shape index (κ2) is 8.53. The van der Waals surface area contributed by atoms with Gasteiger partial charge in [0.25, 0.3) is 0 Å². The molecule has 4 heteroatoms. The van der Waals surface area contributed by atoms with Gasteiger partial charge in [0.1, 0.15) is 5.75 Å². The standard InChI is InChI=1S/C15H23NO3/c1-3-19-14-8-6-13(7-9-14)10-11-16(2)15(18)5-4-12-17/h6-9,17H,3-5,10-12H2,1-2H3.